The number of methoxy groups -OCH3 is 1. The van der Waals surface area contributed by atoms with E-state index in [9.17, 15) is 4.79 Å². The van der Waals surface area contributed by atoms with Crippen molar-refractivity contribution in [1.82, 2.24) is 19.4 Å². The van der Waals surface area contributed by atoms with E-state index >= 15 is 0 Å². The molecule has 4 heterocycles. The van der Waals surface area contributed by atoms with Crippen molar-refractivity contribution >= 4 is 17.4 Å². The molecule has 3 aromatic heterocycles. The first kappa shape index (κ1) is 20.7. The lowest BCUT2D eigenvalue weighted by atomic mass is 9.84. The highest BCUT2D eigenvalue weighted by Gasteiger charge is 2.55. The molecule has 2 bridgehead atoms. The number of fused-ring (bicyclic) bond motifs is 3. The molecule has 9 heteroatoms. The topological polar surface area (TPSA) is 99.9 Å². The van der Waals surface area contributed by atoms with E-state index in [-0.39, 0.29) is 28.9 Å². The molecule has 0 radical (unpaired) electrons. The monoisotopic (exact) mass is 437 g/mol. The average Bonchev–Trinajstić information content (AvgIpc) is 3.44. The van der Waals surface area contributed by atoms with E-state index in [1.54, 1.807) is 28.9 Å². The molecule has 0 aromatic carbocycles. The van der Waals surface area contributed by atoms with E-state index in [0.717, 1.165) is 25.0 Å². The van der Waals surface area contributed by atoms with Crippen LogP contribution in [0, 0.1) is 0 Å². The Hall–Kier alpha value is -3.20. The smallest absolute Gasteiger partial charge is 0.262 e. The quantitative estimate of drug-likeness (QED) is 0.631. The van der Waals surface area contributed by atoms with Crippen LogP contribution in [-0.2, 0) is 10.2 Å². The summed E-state index contributed by atoms with van der Waals surface area (Å²) in [5, 5.41) is 2.85. The molecule has 9 nitrogen and oxygen atoms in total. The maximum atomic E-state index is 13.2. The minimum Gasteiger partial charge on any atom is -0.480 e. The van der Waals surface area contributed by atoms with Crippen molar-refractivity contribution < 1.29 is 19.0 Å². The van der Waals surface area contributed by atoms with Crippen molar-refractivity contribution in [2.75, 3.05) is 19.0 Å². The van der Waals surface area contributed by atoms with Crippen LogP contribution in [0.3, 0.4) is 0 Å². The molecule has 2 atom stereocenters. The molecule has 0 unspecified atom stereocenters. The molecular weight excluding hydrogens is 410 g/mol. The first-order chi connectivity index (χ1) is 15.3. The Bertz CT molecular complexity index is 1180. The first-order valence-electron chi connectivity index (χ1n) is 10.8. The van der Waals surface area contributed by atoms with Gasteiger partial charge in [0, 0.05) is 24.0 Å². The highest BCUT2D eigenvalue weighted by atomic mass is 16.5. The Morgan fingerprint density at radius 2 is 2.09 bits per heavy atom. The van der Waals surface area contributed by atoms with Crippen LogP contribution >= 0.6 is 0 Å². The van der Waals surface area contributed by atoms with Gasteiger partial charge in [0.05, 0.1) is 31.1 Å². The van der Waals surface area contributed by atoms with Gasteiger partial charge >= 0.3 is 0 Å². The second-order valence-corrected chi connectivity index (χ2v) is 9.17. The fraction of sp³-hybridized carbons (Fsp3) is 0.478. The number of hydrogen-bond acceptors (Lipinski definition) is 7. The maximum absolute atomic E-state index is 13.2. The summed E-state index contributed by atoms with van der Waals surface area (Å²) in [4.78, 5) is 26.7. The van der Waals surface area contributed by atoms with Crippen molar-refractivity contribution in [3.8, 4) is 11.8 Å². The largest absolute Gasteiger partial charge is 0.480 e. The Labute approximate surface area is 186 Å². The molecule has 168 valence electrons. The number of pyridine rings is 1. The van der Waals surface area contributed by atoms with Crippen molar-refractivity contribution in [2.45, 2.75) is 57.2 Å². The van der Waals surface area contributed by atoms with Gasteiger partial charge in [0.25, 0.3) is 5.91 Å². The molecule has 2 aliphatic rings. The van der Waals surface area contributed by atoms with Gasteiger partial charge in [-0.3, -0.25) is 9.20 Å². The van der Waals surface area contributed by atoms with Crippen LogP contribution in [0.5, 0.6) is 11.8 Å². The van der Waals surface area contributed by atoms with Crippen molar-refractivity contribution in [3.63, 3.8) is 0 Å². The van der Waals surface area contributed by atoms with E-state index < -0.39 is 0 Å². The van der Waals surface area contributed by atoms with Crippen LogP contribution in [-0.4, -0.2) is 50.7 Å². The molecule has 1 N–H and O–H groups in total. The second-order valence-electron chi connectivity index (χ2n) is 9.17. The normalized spacial score (nSPS) is 24.3. The summed E-state index contributed by atoms with van der Waals surface area (Å²) in [6.45, 7) is 6.61. The average molecular weight is 438 g/mol. The van der Waals surface area contributed by atoms with Crippen LogP contribution in [0.2, 0.25) is 0 Å². The van der Waals surface area contributed by atoms with Crippen LogP contribution < -0.4 is 14.8 Å². The van der Waals surface area contributed by atoms with Crippen LogP contribution in [0.4, 0.5) is 5.69 Å². The third-order valence-electron chi connectivity index (χ3n) is 6.30. The predicted octanol–water partition coefficient (Wildman–Crippen LogP) is 3.38. The zero-order chi connectivity index (χ0) is 22.5. The third kappa shape index (κ3) is 3.46. The summed E-state index contributed by atoms with van der Waals surface area (Å²) in [6, 6.07) is 3.45. The van der Waals surface area contributed by atoms with Gasteiger partial charge in [-0.05, 0) is 52.2 Å². The van der Waals surface area contributed by atoms with E-state index in [1.807, 2.05) is 20.0 Å². The summed E-state index contributed by atoms with van der Waals surface area (Å²) >= 11 is 0. The SMILES string of the molecule is COc1ncccc1NC(=O)c1cn2cc([C@]34CC[C@](C)(C3)OC4)nc2nc1OC(C)C. The molecule has 1 amide bonds. The number of anilines is 1. The lowest BCUT2D eigenvalue weighted by Crippen LogP contribution is -2.26. The molecule has 5 rings (SSSR count). The van der Waals surface area contributed by atoms with Crippen molar-refractivity contribution in [1.29, 1.82) is 0 Å². The van der Waals surface area contributed by atoms with E-state index in [0.29, 0.717) is 29.5 Å². The Morgan fingerprint density at radius 1 is 1.25 bits per heavy atom. The molecule has 0 spiro atoms. The van der Waals surface area contributed by atoms with E-state index in [2.05, 4.69) is 22.2 Å². The van der Waals surface area contributed by atoms with Gasteiger partial charge in [-0.25, -0.2) is 9.97 Å². The van der Waals surface area contributed by atoms with Crippen LogP contribution in [0.1, 0.15) is 56.1 Å². The zero-order valence-electron chi connectivity index (χ0n) is 18.7. The maximum Gasteiger partial charge on any atom is 0.262 e. The van der Waals surface area contributed by atoms with Gasteiger partial charge in [0.2, 0.25) is 17.5 Å². The number of carbonyl (C=O) groups is 1. The summed E-state index contributed by atoms with van der Waals surface area (Å²) in [6.07, 6.45) is 8.14. The van der Waals surface area contributed by atoms with Gasteiger partial charge in [0.15, 0.2) is 0 Å². The molecule has 3 aromatic rings. The number of ether oxygens (including phenoxy) is 3. The fourth-order valence-electron chi connectivity index (χ4n) is 4.72. The van der Waals surface area contributed by atoms with Gasteiger partial charge in [0.1, 0.15) is 11.3 Å². The summed E-state index contributed by atoms with van der Waals surface area (Å²) < 4.78 is 19.0. The molecule has 1 saturated carbocycles. The zero-order valence-corrected chi connectivity index (χ0v) is 18.7. The number of rotatable bonds is 6. The standard InChI is InChI=1S/C23H27N5O4/c1-14(2)32-19-15(18(29)25-16-6-5-9-24-20(16)30-4)10-28-11-17(26-21(28)27-19)23-8-7-22(3,12-23)31-13-23/h5-6,9-11,14H,7-8,12-13H2,1-4H3,(H,25,29)/t22-,23-/m1/s1. The number of amides is 1. The van der Waals surface area contributed by atoms with Crippen LogP contribution in [0.15, 0.2) is 30.7 Å². The lowest BCUT2D eigenvalue weighted by Gasteiger charge is -2.24. The second kappa shape index (κ2) is 7.44. The van der Waals surface area contributed by atoms with Crippen molar-refractivity contribution in [3.05, 3.63) is 42.0 Å². The molecule has 1 aliphatic heterocycles. The number of carbonyl (C=O) groups excluding carboxylic acids is 1. The number of hydrogen-bond donors (Lipinski definition) is 1. The number of nitrogens with one attached hydrogen (secondary N) is 1. The van der Waals surface area contributed by atoms with Crippen LogP contribution in [0.25, 0.3) is 5.78 Å². The third-order valence-corrected chi connectivity index (χ3v) is 6.30. The minimum atomic E-state index is -0.368. The summed E-state index contributed by atoms with van der Waals surface area (Å²) in [5.74, 6) is 0.700. The number of imidazole rings is 1. The van der Waals surface area contributed by atoms with E-state index in [4.69, 9.17) is 19.2 Å². The number of aromatic nitrogens is 4. The van der Waals surface area contributed by atoms with Gasteiger partial charge < -0.3 is 19.5 Å². The molecule has 32 heavy (non-hydrogen) atoms. The fourth-order valence-corrected chi connectivity index (χ4v) is 4.72. The lowest BCUT2D eigenvalue weighted by molar-refractivity contribution is -0.00627. The summed E-state index contributed by atoms with van der Waals surface area (Å²) in [5.41, 5.74) is 1.57. The highest BCUT2D eigenvalue weighted by Crippen LogP contribution is 2.53. The molecule has 1 aliphatic carbocycles. The van der Waals surface area contributed by atoms with Crippen molar-refractivity contribution in [2.24, 2.45) is 0 Å². The predicted molar refractivity (Wildman–Crippen MR) is 117 cm³/mol. The number of nitrogens with zero attached hydrogens (tertiary/aromatic N) is 4. The van der Waals surface area contributed by atoms with E-state index in [1.165, 1.54) is 7.11 Å². The first-order valence-corrected chi connectivity index (χ1v) is 10.8. The Kier molecular flexibility index (Phi) is 4.81. The Morgan fingerprint density at radius 3 is 2.75 bits per heavy atom. The van der Waals surface area contributed by atoms with Gasteiger partial charge in [-0.15, -0.1) is 0 Å². The minimum absolute atomic E-state index is 0.0665. The van der Waals surface area contributed by atoms with Gasteiger partial charge in [-0.1, -0.05) is 0 Å². The highest BCUT2D eigenvalue weighted by molar-refractivity contribution is 6.06. The van der Waals surface area contributed by atoms with Gasteiger partial charge in [-0.2, -0.15) is 4.98 Å². The molecular formula is C23H27N5O4. The summed E-state index contributed by atoms with van der Waals surface area (Å²) in [7, 11) is 1.51. The molecule has 2 fully saturated rings. The Balaban J connectivity index is 1.53. The molecule has 1 saturated heterocycles.